The van der Waals surface area contributed by atoms with Gasteiger partial charge >= 0.3 is 6.18 Å². The summed E-state index contributed by atoms with van der Waals surface area (Å²) in [5.74, 6) is -1.68. The number of hydrogen-bond donors (Lipinski definition) is 1. The van der Waals surface area contributed by atoms with Crippen LogP contribution in [-0.4, -0.2) is 65.2 Å². The van der Waals surface area contributed by atoms with E-state index in [1.807, 2.05) is 0 Å². The molecule has 0 saturated carbocycles. The van der Waals surface area contributed by atoms with Gasteiger partial charge < -0.3 is 14.9 Å². The molecule has 114 valence electrons. The van der Waals surface area contributed by atoms with Crippen LogP contribution < -0.4 is 0 Å². The molecule has 0 aromatic carbocycles. The van der Waals surface area contributed by atoms with E-state index in [1.165, 1.54) is 4.90 Å². The molecule has 2 amide bonds. The molecule has 0 aromatic rings. The minimum atomic E-state index is -4.45. The molecule has 2 rings (SSSR count). The number of rotatable bonds is 3. The average molecular weight is 294 g/mol. The number of nitrogens with zero attached hydrogens (tertiary/aromatic N) is 2. The molecule has 2 aliphatic rings. The first kappa shape index (κ1) is 15.1. The Kier molecular flexibility index (Phi) is 4.22. The Morgan fingerprint density at radius 1 is 1.40 bits per heavy atom. The van der Waals surface area contributed by atoms with Gasteiger partial charge in [0.05, 0.1) is 18.6 Å². The van der Waals surface area contributed by atoms with Crippen molar-refractivity contribution in [3.05, 3.63) is 0 Å². The van der Waals surface area contributed by atoms with Gasteiger partial charge in [-0.1, -0.05) is 0 Å². The molecule has 0 bridgehead atoms. The van der Waals surface area contributed by atoms with E-state index in [0.717, 1.165) is 6.42 Å². The van der Waals surface area contributed by atoms with E-state index in [4.69, 9.17) is 5.11 Å². The lowest BCUT2D eigenvalue weighted by atomic mass is 10.1. The fraction of sp³-hybridized carbons (Fsp3) is 0.833. The first-order valence-corrected chi connectivity index (χ1v) is 6.57. The van der Waals surface area contributed by atoms with E-state index < -0.39 is 24.5 Å². The van der Waals surface area contributed by atoms with Gasteiger partial charge in [0.2, 0.25) is 11.8 Å². The minimum absolute atomic E-state index is 0.154. The number of halogens is 3. The molecule has 1 unspecified atom stereocenters. The molecular formula is C12H17F3N2O3. The van der Waals surface area contributed by atoms with Gasteiger partial charge in [0.25, 0.3) is 0 Å². The summed E-state index contributed by atoms with van der Waals surface area (Å²) in [6.45, 7) is -1.16. The molecule has 2 fully saturated rings. The van der Waals surface area contributed by atoms with Crippen molar-refractivity contribution in [2.24, 2.45) is 5.92 Å². The second kappa shape index (κ2) is 5.59. The largest absolute Gasteiger partial charge is 0.406 e. The van der Waals surface area contributed by atoms with Crippen LogP contribution in [0.4, 0.5) is 13.2 Å². The van der Waals surface area contributed by atoms with Gasteiger partial charge in [-0.15, -0.1) is 0 Å². The van der Waals surface area contributed by atoms with E-state index in [9.17, 15) is 22.8 Å². The summed E-state index contributed by atoms with van der Waals surface area (Å²) in [5, 5.41) is 9.16. The minimum Gasteiger partial charge on any atom is -0.394 e. The molecule has 20 heavy (non-hydrogen) atoms. The fourth-order valence-electron chi connectivity index (χ4n) is 2.86. The normalized spacial score (nSPS) is 27.5. The summed E-state index contributed by atoms with van der Waals surface area (Å²) in [7, 11) is 0. The topological polar surface area (TPSA) is 60.9 Å². The van der Waals surface area contributed by atoms with Crippen molar-refractivity contribution in [1.29, 1.82) is 0 Å². The second-order valence-corrected chi connectivity index (χ2v) is 5.30. The van der Waals surface area contributed by atoms with E-state index in [0.29, 0.717) is 17.9 Å². The Morgan fingerprint density at radius 2 is 2.10 bits per heavy atom. The quantitative estimate of drug-likeness (QED) is 0.818. The predicted octanol–water partition coefficient (Wildman–Crippen LogP) is 0.380. The van der Waals surface area contributed by atoms with Gasteiger partial charge in [0.1, 0.15) is 6.54 Å². The Labute approximate surface area is 114 Å². The van der Waals surface area contributed by atoms with Crippen LogP contribution in [0.1, 0.15) is 19.3 Å². The van der Waals surface area contributed by atoms with Crippen molar-refractivity contribution >= 4 is 11.8 Å². The van der Waals surface area contributed by atoms with Crippen LogP contribution >= 0.6 is 0 Å². The Morgan fingerprint density at radius 3 is 2.70 bits per heavy atom. The third-order valence-corrected chi connectivity index (χ3v) is 3.80. The van der Waals surface area contributed by atoms with Crippen LogP contribution in [0, 0.1) is 5.92 Å². The van der Waals surface area contributed by atoms with E-state index >= 15 is 0 Å². The standard InChI is InChI=1S/C12H17F3N2O3/c13-12(14,15)7-16-5-8(4-10(16)19)11(20)17-3-1-2-9(17)6-18/h8-9,18H,1-7H2/t8?,9-/m0/s1. The van der Waals surface area contributed by atoms with Gasteiger partial charge in [-0.3, -0.25) is 9.59 Å². The van der Waals surface area contributed by atoms with E-state index in [1.54, 1.807) is 0 Å². The van der Waals surface area contributed by atoms with Crippen molar-refractivity contribution in [3.63, 3.8) is 0 Å². The maximum Gasteiger partial charge on any atom is 0.406 e. The van der Waals surface area contributed by atoms with Gasteiger partial charge in [0.15, 0.2) is 0 Å². The molecular weight excluding hydrogens is 277 g/mol. The molecule has 2 saturated heterocycles. The van der Waals surface area contributed by atoms with Gasteiger partial charge in [-0.25, -0.2) is 0 Å². The van der Waals surface area contributed by atoms with Crippen molar-refractivity contribution in [2.45, 2.75) is 31.5 Å². The highest BCUT2D eigenvalue weighted by Crippen LogP contribution is 2.27. The monoisotopic (exact) mass is 294 g/mol. The number of aliphatic hydroxyl groups excluding tert-OH is 1. The number of aliphatic hydroxyl groups is 1. The second-order valence-electron chi connectivity index (χ2n) is 5.30. The van der Waals surface area contributed by atoms with Crippen LogP contribution in [0.5, 0.6) is 0 Å². The predicted molar refractivity (Wildman–Crippen MR) is 62.6 cm³/mol. The van der Waals surface area contributed by atoms with Crippen LogP contribution in [0.3, 0.4) is 0 Å². The fourth-order valence-corrected chi connectivity index (χ4v) is 2.86. The van der Waals surface area contributed by atoms with Crippen molar-refractivity contribution < 1.29 is 27.9 Å². The highest BCUT2D eigenvalue weighted by molar-refractivity contribution is 5.89. The van der Waals surface area contributed by atoms with Crippen LogP contribution in [0.15, 0.2) is 0 Å². The number of carbonyl (C=O) groups excluding carboxylic acids is 2. The molecule has 0 aliphatic carbocycles. The van der Waals surface area contributed by atoms with Crippen molar-refractivity contribution in [2.75, 3.05) is 26.2 Å². The van der Waals surface area contributed by atoms with Gasteiger partial charge in [-0.2, -0.15) is 13.2 Å². The molecule has 8 heteroatoms. The lowest BCUT2D eigenvalue weighted by Gasteiger charge is -2.26. The number of alkyl halides is 3. The first-order valence-electron chi connectivity index (χ1n) is 6.57. The summed E-state index contributed by atoms with van der Waals surface area (Å²) in [4.78, 5) is 25.9. The molecule has 2 aliphatic heterocycles. The molecule has 2 heterocycles. The lowest BCUT2D eigenvalue weighted by Crippen LogP contribution is -2.42. The maximum atomic E-state index is 12.3. The maximum absolute atomic E-state index is 12.3. The summed E-state index contributed by atoms with van der Waals surface area (Å²) in [6, 6.07) is -0.269. The zero-order valence-corrected chi connectivity index (χ0v) is 10.9. The number of likely N-dealkylation sites (tertiary alicyclic amines) is 2. The van der Waals surface area contributed by atoms with E-state index in [-0.39, 0.29) is 31.5 Å². The molecule has 1 N–H and O–H groups in total. The van der Waals surface area contributed by atoms with Crippen LogP contribution in [0.25, 0.3) is 0 Å². The van der Waals surface area contributed by atoms with Gasteiger partial charge in [-0.05, 0) is 12.8 Å². The average Bonchev–Trinajstić information content (AvgIpc) is 2.94. The lowest BCUT2D eigenvalue weighted by molar-refractivity contribution is -0.157. The van der Waals surface area contributed by atoms with E-state index in [2.05, 4.69) is 0 Å². The Balaban J connectivity index is 1.97. The zero-order valence-electron chi connectivity index (χ0n) is 10.9. The highest BCUT2D eigenvalue weighted by atomic mass is 19.4. The Hall–Kier alpha value is -1.31. The summed E-state index contributed by atoms with van der Waals surface area (Å²) in [6.07, 6.45) is -3.17. The molecule has 2 atom stereocenters. The number of carbonyl (C=O) groups is 2. The summed E-state index contributed by atoms with van der Waals surface area (Å²) < 4.78 is 36.9. The summed E-state index contributed by atoms with van der Waals surface area (Å²) in [5.41, 5.74) is 0. The molecule has 0 radical (unpaired) electrons. The van der Waals surface area contributed by atoms with Gasteiger partial charge in [0, 0.05) is 19.5 Å². The molecule has 5 nitrogen and oxygen atoms in total. The third kappa shape index (κ3) is 3.23. The summed E-state index contributed by atoms with van der Waals surface area (Å²) >= 11 is 0. The first-order chi connectivity index (χ1) is 9.31. The molecule has 0 aromatic heterocycles. The smallest absolute Gasteiger partial charge is 0.394 e. The third-order valence-electron chi connectivity index (χ3n) is 3.80. The van der Waals surface area contributed by atoms with Crippen LogP contribution in [0.2, 0.25) is 0 Å². The van der Waals surface area contributed by atoms with Crippen LogP contribution in [-0.2, 0) is 9.59 Å². The number of amides is 2. The highest BCUT2D eigenvalue weighted by Gasteiger charge is 2.43. The molecule has 0 spiro atoms. The number of hydrogen-bond acceptors (Lipinski definition) is 3. The Bertz CT molecular complexity index is 400. The van der Waals surface area contributed by atoms with Crippen molar-refractivity contribution in [3.8, 4) is 0 Å². The zero-order chi connectivity index (χ0) is 14.9. The van der Waals surface area contributed by atoms with Crippen molar-refractivity contribution in [1.82, 2.24) is 9.80 Å². The SMILES string of the molecule is O=C1CC(C(=O)N2CCC[C@H]2CO)CN1CC(F)(F)F.